The predicted molar refractivity (Wildman–Crippen MR) is 74.5 cm³/mol. The maximum atomic E-state index is 13.8. The lowest BCUT2D eigenvalue weighted by Gasteiger charge is -2.14. The SMILES string of the molecule is NCc1cccc(F)c1OCC1COc2ccccc21. The highest BCUT2D eigenvalue weighted by Crippen LogP contribution is 2.34. The highest BCUT2D eigenvalue weighted by Gasteiger charge is 2.24. The summed E-state index contributed by atoms with van der Waals surface area (Å²) in [6.45, 7) is 1.20. The van der Waals surface area contributed by atoms with E-state index in [4.69, 9.17) is 15.2 Å². The summed E-state index contributed by atoms with van der Waals surface area (Å²) >= 11 is 0. The molecule has 0 amide bonds. The molecule has 0 radical (unpaired) electrons. The van der Waals surface area contributed by atoms with Crippen molar-refractivity contribution in [3.8, 4) is 11.5 Å². The van der Waals surface area contributed by atoms with Crippen molar-refractivity contribution < 1.29 is 13.9 Å². The minimum Gasteiger partial charge on any atom is -0.493 e. The first-order valence-corrected chi connectivity index (χ1v) is 6.61. The molecule has 1 heterocycles. The molecular weight excluding hydrogens is 257 g/mol. The van der Waals surface area contributed by atoms with Crippen LogP contribution in [0.15, 0.2) is 42.5 Å². The molecule has 0 bridgehead atoms. The van der Waals surface area contributed by atoms with Crippen LogP contribution in [-0.4, -0.2) is 13.2 Å². The Morgan fingerprint density at radius 2 is 2.05 bits per heavy atom. The lowest BCUT2D eigenvalue weighted by Crippen LogP contribution is -2.14. The Labute approximate surface area is 117 Å². The standard InChI is InChI=1S/C16H16FNO2/c17-14-6-3-4-11(8-18)16(14)20-10-12-9-19-15-7-2-1-5-13(12)15/h1-7,12H,8-10,18H2. The Kier molecular flexibility index (Phi) is 3.56. The third kappa shape index (κ3) is 2.34. The average Bonchev–Trinajstić information content (AvgIpc) is 2.89. The summed E-state index contributed by atoms with van der Waals surface area (Å²) in [4.78, 5) is 0. The third-order valence-electron chi connectivity index (χ3n) is 3.50. The molecule has 4 heteroatoms. The minimum atomic E-state index is -0.375. The molecule has 0 spiro atoms. The van der Waals surface area contributed by atoms with Gasteiger partial charge in [-0.25, -0.2) is 4.39 Å². The van der Waals surface area contributed by atoms with E-state index in [9.17, 15) is 4.39 Å². The molecule has 20 heavy (non-hydrogen) atoms. The van der Waals surface area contributed by atoms with Crippen molar-refractivity contribution in [2.45, 2.75) is 12.5 Å². The van der Waals surface area contributed by atoms with Gasteiger partial charge in [0.1, 0.15) is 5.75 Å². The van der Waals surface area contributed by atoms with E-state index in [1.807, 2.05) is 24.3 Å². The van der Waals surface area contributed by atoms with Crippen LogP contribution in [0.5, 0.6) is 11.5 Å². The highest BCUT2D eigenvalue weighted by atomic mass is 19.1. The first kappa shape index (κ1) is 12.9. The zero-order chi connectivity index (χ0) is 13.9. The van der Waals surface area contributed by atoms with E-state index in [2.05, 4.69) is 0 Å². The van der Waals surface area contributed by atoms with E-state index in [0.29, 0.717) is 18.8 Å². The van der Waals surface area contributed by atoms with Crippen molar-refractivity contribution in [2.24, 2.45) is 5.73 Å². The first-order chi connectivity index (χ1) is 9.79. The van der Waals surface area contributed by atoms with Gasteiger partial charge in [0.2, 0.25) is 0 Å². The van der Waals surface area contributed by atoms with Gasteiger partial charge in [0, 0.05) is 17.7 Å². The number of benzene rings is 2. The Bertz CT molecular complexity index is 615. The number of rotatable bonds is 4. The molecular formula is C16H16FNO2. The fraction of sp³-hybridized carbons (Fsp3) is 0.250. The fourth-order valence-electron chi connectivity index (χ4n) is 2.43. The maximum Gasteiger partial charge on any atom is 0.165 e. The van der Waals surface area contributed by atoms with Crippen molar-refractivity contribution >= 4 is 0 Å². The molecule has 1 aliphatic heterocycles. The van der Waals surface area contributed by atoms with Crippen LogP contribution in [0.4, 0.5) is 4.39 Å². The smallest absolute Gasteiger partial charge is 0.165 e. The highest BCUT2D eigenvalue weighted by molar-refractivity contribution is 5.40. The molecule has 0 saturated carbocycles. The summed E-state index contributed by atoms with van der Waals surface area (Å²) in [5, 5.41) is 0. The minimum absolute atomic E-state index is 0.122. The molecule has 0 saturated heterocycles. The van der Waals surface area contributed by atoms with Crippen molar-refractivity contribution in [1.82, 2.24) is 0 Å². The molecule has 0 aliphatic carbocycles. The Balaban J connectivity index is 1.75. The normalized spacial score (nSPS) is 16.6. The van der Waals surface area contributed by atoms with Gasteiger partial charge in [0.15, 0.2) is 11.6 Å². The van der Waals surface area contributed by atoms with E-state index in [0.717, 1.165) is 11.3 Å². The van der Waals surface area contributed by atoms with Crippen LogP contribution >= 0.6 is 0 Å². The summed E-state index contributed by atoms with van der Waals surface area (Å²) in [5.74, 6) is 0.879. The number of nitrogens with two attached hydrogens (primary N) is 1. The average molecular weight is 273 g/mol. The van der Waals surface area contributed by atoms with Gasteiger partial charge in [0.25, 0.3) is 0 Å². The van der Waals surface area contributed by atoms with Crippen molar-refractivity contribution in [2.75, 3.05) is 13.2 Å². The largest absolute Gasteiger partial charge is 0.493 e. The lowest BCUT2D eigenvalue weighted by atomic mass is 10.0. The van der Waals surface area contributed by atoms with E-state index in [1.165, 1.54) is 6.07 Å². The number of para-hydroxylation sites is 2. The Morgan fingerprint density at radius 3 is 2.90 bits per heavy atom. The van der Waals surface area contributed by atoms with Gasteiger partial charge >= 0.3 is 0 Å². The molecule has 2 aromatic rings. The molecule has 3 rings (SSSR count). The molecule has 1 unspecified atom stereocenters. The topological polar surface area (TPSA) is 44.5 Å². The van der Waals surface area contributed by atoms with E-state index in [1.54, 1.807) is 12.1 Å². The van der Waals surface area contributed by atoms with Crippen LogP contribution < -0.4 is 15.2 Å². The second kappa shape index (κ2) is 5.51. The Morgan fingerprint density at radius 1 is 1.20 bits per heavy atom. The first-order valence-electron chi connectivity index (χ1n) is 6.61. The van der Waals surface area contributed by atoms with Crippen LogP contribution in [0.25, 0.3) is 0 Å². The molecule has 2 aromatic carbocycles. The van der Waals surface area contributed by atoms with Gasteiger partial charge in [-0.2, -0.15) is 0 Å². The second-order valence-electron chi connectivity index (χ2n) is 4.79. The fourth-order valence-corrected chi connectivity index (χ4v) is 2.43. The number of halogens is 1. The number of ether oxygens (including phenoxy) is 2. The molecule has 3 nitrogen and oxygen atoms in total. The summed E-state index contributed by atoms with van der Waals surface area (Å²) in [6.07, 6.45) is 0. The molecule has 1 aliphatic rings. The number of hydrogen-bond donors (Lipinski definition) is 1. The maximum absolute atomic E-state index is 13.8. The second-order valence-corrected chi connectivity index (χ2v) is 4.79. The van der Waals surface area contributed by atoms with E-state index >= 15 is 0 Å². The van der Waals surface area contributed by atoms with Gasteiger partial charge in [0.05, 0.1) is 19.1 Å². The molecule has 0 fully saturated rings. The summed E-state index contributed by atoms with van der Waals surface area (Å²) in [7, 11) is 0. The number of hydrogen-bond acceptors (Lipinski definition) is 3. The summed E-state index contributed by atoms with van der Waals surface area (Å²) < 4.78 is 25.0. The van der Waals surface area contributed by atoms with Crippen LogP contribution in [0.2, 0.25) is 0 Å². The molecule has 2 N–H and O–H groups in total. The van der Waals surface area contributed by atoms with E-state index in [-0.39, 0.29) is 24.0 Å². The van der Waals surface area contributed by atoms with Gasteiger partial charge in [-0.15, -0.1) is 0 Å². The van der Waals surface area contributed by atoms with E-state index < -0.39 is 0 Å². The van der Waals surface area contributed by atoms with Gasteiger partial charge in [-0.1, -0.05) is 30.3 Å². The van der Waals surface area contributed by atoms with Crippen LogP contribution in [0.1, 0.15) is 17.0 Å². The summed E-state index contributed by atoms with van der Waals surface area (Å²) in [5.41, 5.74) is 7.40. The predicted octanol–water partition coefficient (Wildman–Crippen LogP) is 2.84. The van der Waals surface area contributed by atoms with Crippen LogP contribution in [0, 0.1) is 5.82 Å². The molecule has 104 valence electrons. The zero-order valence-electron chi connectivity index (χ0n) is 11.0. The van der Waals surface area contributed by atoms with Gasteiger partial charge in [-0.3, -0.25) is 0 Å². The summed E-state index contributed by atoms with van der Waals surface area (Å²) in [6, 6.07) is 12.6. The quantitative estimate of drug-likeness (QED) is 0.931. The Hall–Kier alpha value is -2.07. The number of fused-ring (bicyclic) bond motifs is 1. The van der Waals surface area contributed by atoms with Crippen LogP contribution in [-0.2, 0) is 6.54 Å². The lowest BCUT2D eigenvalue weighted by molar-refractivity contribution is 0.239. The third-order valence-corrected chi connectivity index (χ3v) is 3.50. The van der Waals surface area contributed by atoms with Crippen molar-refractivity contribution in [3.63, 3.8) is 0 Å². The molecule has 0 aromatic heterocycles. The monoisotopic (exact) mass is 273 g/mol. The van der Waals surface area contributed by atoms with Gasteiger partial charge in [-0.05, 0) is 12.1 Å². The molecule has 1 atom stereocenters. The van der Waals surface area contributed by atoms with Crippen molar-refractivity contribution in [3.05, 3.63) is 59.4 Å². The van der Waals surface area contributed by atoms with Crippen LogP contribution in [0.3, 0.4) is 0 Å². The zero-order valence-corrected chi connectivity index (χ0v) is 11.0. The van der Waals surface area contributed by atoms with Crippen molar-refractivity contribution in [1.29, 1.82) is 0 Å². The van der Waals surface area contributed by atoms with Gasteiger partial charge < -0.3 is 15.2 Å².